The van der Waals surface area contributed by atoms with Crippen molar-refractivity contribution in [1.82, 2.24) is 14.3 Å². The third-order valence-corrected chi connectivity index (χ3v) is 4.58. The fraction of sp³-hybridized carbons (Fsp3) is 0.263. The normalized spacial score (nSPS) is 12.2. The number of quaternary nitrogens is 1. The van der Waals surface area contributed by atoms with Crippen LogP contribution in [0.1, 0.15) is 18.3 Å². The Balaban J connectivity index is 1.84. The number of aromatic nitrogens is 3. The quantitative estimate of drug-likeness (QED) is 0.699. The van der Waals surface area contributed by atoms with Crippen LogP contribution in [0.5, 0.6) is 0 Å². The molecule has 2 aromatic carbocycles. The number of rotatable bonds is 6. The zero-order chi connectivity index (χ0) is 16.9. The smallest absolute Gasteiger partial charge is 0.207 e. The molecule has 0 radical (unpaired) electrons. The van der Waals surface area contributed by atoms with E-state index >= 15 is 0 Å². The van der Waals surface area contributed by atoms with Gasteiger partial charge in [-0.15, -0.1) is 0 Å². The first-order chi connectivity index (χ1) is 11.7. The van der Waals surface area contributed by atoms with Gasteiger partial charge in [0.2, 0.25) is 4.77 Å². The molecule has 0 bridgehead atoms. The van der Waals surface area contributed by atoms with Gasteiger partial charge in [-0.05, 0) is 38.2 Å². The summed E-state index contributed by atoms with van der Waals surface area (Å²) < 4.78 is 4.72. The minimum absolute atomic E-state index is 0.748. The Hall–Kier alpha value is -2.24. The summed E-state index contributed by atoms with van der Waals surface area (Å²) in [6, 6.07) is 20.7. The van der Waals surface area contributed by atoms with E-state index in [1.54, 1.807) is 0 Å². The van der Waals surface area contributed by atoms with Crippen molar-refractivity contribution in [2.75, 3.05) is 6.54 Å². The molecule has 4 nitrogen and oxygen atoms in total. The highest BCUT2D eigenvalue weighted by Gasteiger charge is 2.14. The summed E-state index contributed by atoms with van der Waals surface area (Å²) in [4.78, 5) is 1.43. The minimum Gasteiger partial charge on any atom is -0.313 e. The van der Waals surface area contributed by atoms with E-state index in [1.165, 1.54) is 10.5 Å². The molecule has 3 aromatic rings. The van der Waals surface area contributed by atoms with Crippen LogP contribution in [0.15, 0.2) is 60.7 Å². The maximum atomic E-state index is 5.68. The van der Waals surface area contributed by atoms with Gasteiger partial charge in [0, 0.05) is 11.3 Å². The van der Waals surface area contributed by atoms with Crippen molar-refractivity contribution in [3.8, 4) is 5.69 Å². The number of hydrogen-bond acceptors (Lipinski definition) is 2. The maximum Gasteiger partial charge on any atom is 0.207 e. The second-order valence-electron chi connectivity index (χ2n) is 5.92. The van der Waals surface area contributed by atoms with Crippen molar-refractivity contribution in [1.29, 1.82) is 0 Å². The molecule has 0 aliphatic heterocycles. The Morgan fingerprint density at radius 3 is 2.25 bits per heavy atom. The standard InChI is InChI=1S/C19H22N4S/c1-3-21(14-17-10-6-4-7-11-17)15-22-19(24)23(16(2)20-22)18-12-8-5-9-13-18/h4-13H,3,14-15H2,1-2H3/p+1. The molecule has 3 rings (SSSR count). The highest BCUT2D eigenvalue weighted by atomic mass is 32.1. The predicted molar refractivity (Wildman–Crippen MR) is 98.8 cm³/mol. The summed E-state index contributed by atoms with van der Waals surface area (Å²) in [7, 11) is 0. The fourth-order valence-corrected chi connectivity index (χ4v) is 3.23. The summed E-state index contributed by atoms with van der Waals surface area (Å²) in [5, 5.41) is 4.67. The predicted octanol–water partition coefficient (Wildman–Crippen LogP) is 2.77. The molecule has 24 heavy (non-hydrogen) atoms. The molecule has 0 spiro atoms. The number of aryl methyl sites for hydroxylation is 1. The average Bonchev–Trinajstić information content (AvgIpc) is 2.89. The lowest BCUT2D eigenvalue weighted by Gasteiger charge is -2.17. The molecule has 0 fully saturated rings. The maximum absolute atomic E-state index is 5.68. The Bertz CT molecular complexity index is 837. The Kier molecular flexibility index (Phi) is 5.23. The third kappa shape index (κ3) is 3.63. The topological polar surface area (TPSA) is 27.2 Å². The average molecular weight is 339 g/mol. The van der Waals surface area contributed by atoms with Gasteiger partial charge in [-0.25, -0.2) is 0 Å². The second-order valence-corrected chi connectivity index (χ2v) is 6.29. The lowest BCUT2D eigenvalue weighted by molar-refractivity contribution is -0.935. The van der Waals surface area contributed by atoms with Crippen LogP contribution in [0.4, 0.5) is 0 Å². The van der Waals surface area contributed by atoms with E-state index in [4.69, 9.17) is 12.2 Å². The van der Waals surface area contributed by atoms with Crippen LogP contribution in [0.3, 0.4) is 0 Å². The van der Waals surface area contributed by atoms with Crippen molar-refractivity contribution >= 4 is 12.2 Å². The third-order valence-electron chi connectivity index (χ3n) is 4.19. The van der Waals surface area contributed by atoms with Gasteiger partial charge in [-0.2, -0.15) is 9.78 Å². The van der Waals surface area contributed by atoms with Gasteiger partial charge in [0.25, 0.3) is 0 Å². The molecule has 0 aliphatic carbocycles. The van der Waals surface area contributed by atoms with E-state index in [2.05, 4.69) is 54.5 Å². The van der Waals surface area contributed by atoms with Crippen molar-refractivity contribution in [3.05, 3.63) is 76.8 Å². The summed E-state index contributed by atoms with van der Waals surface area (Å²) in [5.74, 6) is 0.918. The highest BCUT2D eigenvalue weighted by molar-refractivity contribution is 7.71. The zero-order valence-electron chi connectivity index (χ0n) is 14.1. The molecule has 0 saturated carbocycles. The molecule has 1 unspecified atom stereocenters. The molecule has 1 N–H and O–H groups in total. The van der Waals surface area contributed by atoms with Crippen molar-refractivity contribution < 1.29 is 4.90 Å². The Labute approximate surface area is 148 Å². The summed E-state index contributed by atoms with van der Waals surface area (Å²) in [6.45, 7) is 6.96. The molecule has 0 amide bonds. The highest BCUT2D eigenvalue weighted by Crippen LogP contribution is 2.11. The number of para-hydroxylation sites is 1. The number of nitrogens with one attached hydrogen (secondary N) is 1. The van der Waals surface area contributed by atoms with Crippen LogP contribution in [0.2, 0.25) is 0 Å². The molecule has 0 saturated heterocycles. The lowest BCUT2D eigenvalue weighted by atomic mass is 10.2. The summed E-state index contributed by atoms with van der Waals surface area (Å²) in [6.07, 6.45) is 0. The van der Waals surface area contributed by atoms with Crippen LogP contribution >= 0.6 is 12.2 Å². The largest absolute Gasteiger partial charge is 0.313 e. The van der Waals surface area contributed by atoms with Gasteiger partial charge in [-0.1, -0.05) is 48.5 Å². The van der Waals surface area contributed by atoms with Gasteiger partial charge in [0.1, 0.15) is 12.4 Å². The van der Waals surface area contributed by atoms with Gasteiger partial charge in [0.15, 0.2) is 6.67 Å². The van der Waals surface area contributed by atoms with Crippen molar-refractivity contribution in [2.45, 2.75) is 27.1 Å². The van der Waals surface area contributed by atoms with E-state index < -0.39 is 0 Å². The van der Waals surface area contributed by atoms with Crippen molar-refractivity contribution in [2.24, 2.45) is 0 Å². The van der Waals surface area contributed by atoms with E-state index in [0.29, 0.717) is 0 Å². The van der Waals surface area contributed by atoms with Gasteiger partial charge >= 0.3 is 0 Å². The molecular weight excluding hydrogens is 316 g/mol. The zero-order valence-corrected chi connectivity index (χ0v) is 15.0. The molecular formula is C19H23N4S+. The molecule has 124 valence electrons. The molecule has 5 heteroatoms. The van der Waals surface area contributed by atoms with Gasteiger partial charge < -0.3 is 4.90 Å². The van der Waals surface area contributed by atoms with E-state index in [1.807, 2.05) is 34.4 Å². The van der Waals surface area contributed by atoms with E-state index in [9.17, 15) is 0 Å². The van der Waals surface area contributed by atoms with Crippen LogP contribution in [0, 0.1) is 11.7 Å². The first kappa shape index (κ1) is 16.6. The molecule has 1 heterocycles. The van der Waals surface area contributed by atoms with Crippen LogP contribution in [-0.4, -0.2) is 20.9 Å². The van der Waals surface area contributed by atoms with Crippen LogP contribution in [-0.2, 0) is 13.2 Å². The Morgan fingerprint density at radius 1 is 1.00 bits per heavy atom. The van der Waals surface area contributed by atoms with Crippen LogP contribution in [0.25, 0.3) is 5.69 Å². The number of hydrogen-bond donors (Lipinski definition) is 1. The van der Waals surface area contributed by atoms with Crippen molar-refractivity contribution in [3.63, 3.8) is 0 Å². The van der Waals surface area contributed by atoms with Gasteiger partial charge in [0.05, 0.1) is 6.54 Å². The van der Waals surface area contributed by atoms with E-state index in [0.717, 1.165) is 36.0 Å². The number of nitrogens with zero attached hydrogens (tertiary/aromatic N) is 3. The monoisotopic (exact) mass is 339 g/mol. The number of benzene rings is 2. The van der Waals surface area contributed by atoms with Gasteiger partial charge in [-0.3, -0.25) is 4.57 Å². The summed E-state index contributed by atoms with van der Waals surface area (Å²) in [5.41, 5.74) is 2.40. The minimum atomic E-state index is 0.748. The first-order valence-corrected chi connectivity index (χ1v) is 8.69. The SMILES string of the molecule is CC[NH+](Cc1ccccc1)Cn1nc(C)n(-c2ccccc2)c1=S. The fourth-order valence-electron chi connectivity index (χ4n) is 2.88. The summed E-state index contributed by atoms with van der Waals surface area (Å²) >= 11 is 5.68. The van der Waals surface area contributed by atoms with Crippen LogP contribution < -0.4 is 4.90 Å². The molecule has 0 aliphatic rings. The molecule has 1 atom stereocenters. The van der Waals surface area contributed by atoms with E-state index in [-0.39, 0.29) is 0 Å². The second kappa shape index (κ2) is 7.55. The Morgan fingerprint density at radius 2 is 1.62 bits per heavy atom. The lowest BCUT2D eigenvalue weighted by Crippen LogP contribution is -3.09. The first-order valence-electron chi connectivity index (χ1n) is 8.28. The molecule has 1 aromatic heterocycles.